The summed E-state index contributed by atoms with van der Waals surface area (Å²) in [6, 6.07) is 1.70. The third-order valence-corrected chi connectivity index (χ3v) is 3.13. The number of rotatable bonds is 5. The van der Waals surface area contributed by atoms with Gasteiger partial charge in [-0.05, 0) is 19.9 Å². The minimum Gasteiger partial charge on any atom is -0.391 e. The minimum atomic E-state index is -0.672. The van der Waals surface area contributed by atoms with Crippen LogP contribution in [0.25, 0.3) is 0 Å². The SMILES string of the molecule is CC(C)n1nc(CN2CCOCC2)cc1C(=O)OC=O. The Kier molecular flexibility index (Phi) is 4.86. The average molecular weight is 281 g/mol. The molecule has 0 atom stereocenters. The Bertz CT molecular complexity index is 478. The van der Waals surface area contributed by atoms with Gasteiger partial charge in [0.1, 0.15) is 5.69 Å². The lowest BCUT2D eigenvalue weighted by atomic mass is 10.3. The molecule has 0 bridgehead atoms. The van der Waals surface area contributed by atoms with Gasteiger partial charge in [0.05, 0.1) is 18.9 Å². The fraction of sp³-hybridized carbons (Fsp3) is 0.615. The van der Waals surface area contributed by atoms with Crippen molar-refractivity contribution in [3.05, 3.63) is 17.5 Å². The van der Waals surface area contributed by atoms with Gasteiger partial charge in [0, 0.05) is 25.7 Å². The Labute approximate surface area is 117 Å². The van der Waals surface area contributed by atoms with E-state index in [1.807, 2.05) is 13.8 Å². The van der Waals surface area contributed by atoms with Crippen molar-refractivity contribution in [3.63, 3.8) is 0 Å². The van der Waals surface area contributed by atoms with Crippen LogP contribution in [0.15, 0.2) is 6.07 Å². The van der Waals surface area contributed by atoms with E-state index in [-0.39, 0.29) is 12.5 Å². The minimum absolute atomic E-state index is 0.0163. The molecule has 1 aliphatic rings. The van der Waals surface area contributed by atoms with Crippen LogP contribution in [0.1, 0.15) is 36.1 Å². The van der Waals surface area contributed by atoms with E-state index in [0.29, 0.717) is 25.5 Å². The second-order valence-electron chi connectivity index (χ2n) is 4.95. The van der Waals surface area contributed by atoms with Crippen molar-refractivity contribution in [2.45, 2.75) is 26.4 Å². The van der Waals surface area contributed by atoms with Crippen LogP contribution in [0.4, 0.5) is 0 Å². The van der Waals surface area contributed by atoms with Crippen LogP contribution in [0, 0.1) is 0 Å². The first-order valence-corrected chi connectivity index (χ1v) is 6.65. The first-order chi connectivity index (χ1) is 9.61. The summed E-state index contributed by atoms with van der Waals surface area (Å²) < 4.78 is 11.3. The molecule has 1 fully saturated rings. The molecule has 1 aliphatic heterocycles. The van der Waals surface area contributed by atoms with Gasteiger partial charge in [-0.25, -0.2) is 4.79 Å². The molecule has 0 aromatic carbocycles. The van der Waals surface area contributed by atoms with E-state index in [4.69, 9.17) is 4.74 Å². The van der Waals surface area contributed by atoms with E-state index in [1.54, 1.807) is 10.7 Å². The van der Waals surface area contributed by atoms with Crippen LogP contribution >= 0.6 is 0 Å². The van der Waals surface area contributed by atoms with Gasteiger partial charge in [0.25, 0.3) is 0 Å². The summed E-state index contributed by atoms with van der Waals surface area (Å²) in [5.41, 5.74) is 1.09. The zero-order valence-corrected chi connectivity index (χ0v) is 11.7. The number of esters is 1. The standard InChI is InChI=1S/C13H19N3O4/c1-10(2)16-12(13(18)20-9-17)7-11(14-16)8-15-3-5-19-6-4-15/h7,9-10H,3-6,8H2,1-2H3. The first-order valence-electron chi connectivity index (χ1n) is 6.65. The van der Waals surface area contributed by atoms with E-state index in [1.165, 1.54) is 0 Å². The number of aromatic nitrogens is 2. The van der Waals surface area contributed by atoms with Gasteiger partial charge in [0.15, 0.2) is 0 Å². The van der Waals surface area contributed by atoms with E-state index in [9.17, 15) is 9.59 Å². The molecule has 0 saturated carbocycles. The molecule has 1 saturated heterocycles. The Hall–Kier alpha value is -1.73. The lowest BCUT2D eigenvalue weighted by molar-refractivity contribution is -0.123. The Balaban J connectivity index is 2.15. The monoisotopic (exact) mass is 281 g/mol. The molecule has 2 heterocycles. The van der Waals surface area contributed by atoms with Gasteiger partial charge in [-0.15, -0.1) is 0 Å². The molecule has 7 heteroatoms. The van der Waals surface area contributed by atoms with Crippen molar-refractivity contribution in [1.82, 2.24) is 14.7 Å². The van der Waals surface area contributed by atoms with Gasteiger partial charge in [-0.3, -0.25) is 14.4 Å². The van der Waals surface area contributed by atoms with Gasteiger partial charge in [-0.1, -0.05) is 0 Å². The predicted octanol–water partition coefficient (Wildman–Crippen LogP) is 0.609. The molecule has 0 amide bonds. The summed E-state index contributed by atoms with van der Waals surface area (Å²) in [6.07, 6.45) is 0. The van der Waals surface area contributed by atoms with Crippen LogP contribution in [0.2, 0.25) is 0 Å². The number of nitrogens with zero attached hydrogens (tertiary/aromatic N) is 3. The van der Waals surface area contributed by atoms with Crippen molar-refractivity contribution in [2.75, 3.05) is 26.3 Å². The maximum absolute atomic E-state index is 11.7. The summed E-state index contributed by atoms with van der Waals surface area (Å²) in [4.78, 5) is 24.2. The smallest absolute Gasteiger partial charge is 0.364 e. The fourth-order valence-corrected chi connectivity index (χ4v) is 2.16. The highest BCUT2D eigenvalue weighted by atomic mass is 16.6. The zero-order valence-electron chi connectivity index (χ0n) is 11.7. The van der Waals surface area contributed by atoms with E-state index >= 15 is 0 Å². The van der Waals surface area contributed by atoms with Crippen molar-refractivity contribution < 1.29 is 19.1 Å². The summed E-state index contributed by atoms with van der Waals surface area (Å²) >= 11 is 0. The highest BCUT2D eigenvalue weighted by Crippen LogP contribution is 2.14. The highest BCUT2D eigenvalue weighted by molar-refractivity contribution is 5.91. The number of carbonyl (C=O) groups is 2. The van der Waals surface area contributed by atoms with Crippen LogP contribution in [-0.2, 0) is 20.8 Å². The van der Waals surface area contributed by atoms with Gasteiger partial charge in [0.2, 0.25) is 0 Å². The molecular weight excluding hydrogens is 262 g/mol. The highest BCUT2D eigenvalue weighted by Gasteiger charge is 2.20. The van der Waals surface area contributed by atoms with Gasteiger partial charge < -0.3 is 9.47 Å². The molecule has 0 spiro atoms. The maximum Gasteiger partial charge on any atom is 0.364 e. The fourth-order valence-electron chi connectivity index (χ4n) is 2.16. The summed E-state index contributed by atoms with van der Waals surface area (Å²) in [7, 11) is 0. The number of hydrogen-bond donors (Lipinski definition) is 0. The largest absolute Gasteiger partial charge is 0.391 e. The van der Waals surface area contributed by atoms with E-state index in [2.05, 4.69) is 14.7 Å². The molecule has 0 aliphatic carbocycles. The summed E-state index contributed by atoms with van der Waals surface area (Å²) in [6.45, 7) is 7.76. The second-order valence-corrected chi connectivity index (χ2v) is 4.95. The molecule has 0 radical (unpaired) electrons. The topological polar surface area (TPSA) is 73.7 Å². The van der Waals surface area contributed by atoms with Gasteiger partial charge >= 0.3 is 12.4 Å². The van der Waals surface area contributed by atoms with Crippen LogP contribution < -0.4 is 0 Å². The number of morpholine rings is 1. The number of hydrogen-bond acceptors (Lipinski definition) is 6. The third-order valence-electron chi connectivity index (χ3n) is 3.13. The molecule has 20 heavy (non-hydrogen) atoms. The molecule has 7 nitrogen and oxygen atoms in total. The molecular formula is C13H19N3O4. The zero-order chi connectivity index (χ0) is 14.5. The Morgan fingerprint density at radius 1 is 1.50 bits per heavy atom. The molecule has 0 unspecified atom stereocenters. The van der Waals surface area contributed by atoms with Crippen LogP contribution in [0.3, 0.4) is 0 Å². The quantitative estimate of drug-likeness (QED) is 0.447. The molecule has 1 aromatic rings. The first kappa shape index (κ1) is 14.7. The Morgan fingerprint density at radius 2 is 2.20 bits per heavy atom. The Morgan fingerprint density at radius 3 is 2.80 bits per heavy atom. The van der Waals surface area contributed by atoms with Crippen molar-refractivity contribution in [1.29, 1.82) is 0 Å². The van der Waals surface area contributed by atoms with E-state index < -0.39 is 5.97 Å². The van der Waals surface area contributed by atoms with Crippen molar-refractivity contribution in [3.8, 4) is 0 Å². The summed E-state index contributed by atoms with van der Waals surface area (Å²) in [5.74, 6) is -0.672. The predicted molar refractivity (Wildman–Crippen MR) is 70.2 cm³/mol. The van der Waals surface area contributed by atoms with Gasteiger partial charge in [-0.2, -0.15) is 5.10 Å². The normalized spacial score (nSPS) is 16.4. The third kappa shape index (κ3) is 3.43. The number of carbonyl (C=O) groups excluding carboxylic acids is 2. The molecule has 1 aromatic heterocycles. The van der Waals surface area contributed by atoms with Crippen molar-refractivity contribution >= 4 is 12.4 Å². The second kappa shape index (κ2) is 6.62. The average Bonchev–Trinajstić information content (AvgIpc) is 2.84. The summed E-state index contributed by atoms with van der Waals surface area (Å²) in [5, 5.41) is 4.42. The molecule has 2 rings (SSSR count). The number of ether oxygens (including phenoxy) is 2. The molecule has 0 N–H and O–H groups in total. The lowest BCUT2D eigenvalue weighted by Crippen LogP contribution is -2.35. The van der Waals surface area contributed by atoms with Crippen molar-refractivity contribution in [2.24, 2.45) is 0 Å². The van der Waals surface area contributed by atoms with Crippen LogP contribution in [0.5, 0.6) is 0 Å². The maximum atomic E-state index is 11.7. The van der Waals surface area contributed by atoms with Crippen LogP contribution in [-0.4, -0.2) is 53.4 Å². The molecule has 110 valence electrons. The van der Waals surface area contributed by atoms with E-state index in [0.717, 1.165) is 18.8 Å². The lowest BCUT2D eigenvalue weighted by Gasteiger charge is -2.25.